The van der Waals surface area contributed by atoms with E-state index < -0.39 is 0 Å². The van der Waals surface area contributed by atoms with Crippen molar-refractivity contribution in [2.24, 2.45) is 0 Å². The number of ether oxygens (including phenoxy) is 1. The number of H-pyrrole nitrogens is 1. The molecule has 0 aliphatic heterocycles. The smallest absolute Gasteiger partial charge is 0.343 e. The average molecular weight is 364 g/mol. The van der Waals surface area contributed by atoms with E-state index in [2.05, 4.69) is 15.5 Å². The number of aromatic nitrogens is 3. The molecule has 0 radical (unpaired) electrons. The second kappa shape index (κ2) is 10.0. The van der Waals surface area contributed by atoms with Crippen molar-refractivity contribution in [1.29, 1.82) is 0 Å². The Kier molecular flexibility index (Phi) is 7.75. The molecule has 1 heterocycles. The van der Waals surface area contributed by atoms with Gasteiger partial charge in [-0.1, -0.05) is 42.1 Å². The number of carbonyl (C=O) groups excluding carboxylic acids is 1. The Bertz CT molecular complexity index is 714. The lowest BCUT2D eigenvalue weighted by Gasteiger charge is -2.12. The second-order valence-corrected chi connectivity index (χ2v) is 6.90. The van der Waals surface area contributed by atoms with Gasteiger partial charge in [0.15, 0.2) is 5.16 Å². The summed E-state index contributed by atoms with van der Waals surface area (Å²) < 4.78 is 6.53. The Morgan fingerprint density at radius 2 is 2.16 bits per heavy atom. The van der Waals surface area contributed by atoms with Crippen LogP contribution >= 0.6 is 11.8 Å². The van der Waals surface area contributed by atoms with Gasteiger partial charge >= 0.3 is 5.69 Å². The maximum Gasteiger partial charge on any atom is 0.343 e. The number of aromatic amines is 1. The van der Waals surface area contributed by atoms with E-state index in [1.165, 1.54) is 11.8 Å². The van der Waals surface area contributed by atoms with Crippen molar-refractivity contribution in [2.75, 3.05) is 20.3 Å². The Hall–Kier alpha value is -2.06. The third-order valence-corrected chi connectivity index (χ3v) is 4.76. The quantitative estimate of drug-likeness (QED) is 0.492. The molecule has 136 valence electrons. The largest absolute Gasteiger partial charge is 0.385 e. The summed E-state index contributed by atoms with van der Waals surface area (Å²) in [4.78, 5) is 24.1. The van der Waals surface area contributed by atoms with Gasteiger partial charge in [0.2, 0.25) is 5.91 Å². The van der Waals surface area contributed by atoms with Crippen LogP contribution < -0.4 is 11.0 Å². The molecule has 0 saturated carbocycles. The van der Waals surface area contributed by atoms with Gasteiger partial charge in [-0.25, -0.2) is 9.89 Å². The topological polar surface area (TPSA) is 89.0 Å². The van der Waals surface area contributed by atoms with Gasteiger partial charge in [0.25, 0.3) is 0 Å². The number of hydrogen-bond donors (Lipinski definition) is 2. The summed E-state index contributed by atoms with van der Waals surface area (Å²) in [6.07, 6.45) is 1.50. The van der Waals surface area contributed by atoms with Crippen LogP contribution in [-0.2, 0) is 22.5 Å². The fourth-order valence-corrected chi connectivity index (χ4v) is 3.17. The first-order chi connectivity index (χ1) is 12.1. The van der Waals surface area contributed by atoms with Crippen LogP contribution in [0.4, 0.5) is 0 Å². The summed E-state index contributed by atoms with van der Waals surface area (Å²) in [6.45, 7) is 3.50. The molecule has 0 saturated heterocycles. The molecule has 1 aromatic heterocycles. The predicted molar refractivity (Wildman–Crippen MR) is 97.8 cm³/mol. The van der Waals surface area contributed by atoms with Crippen LogP contribution in [0.1, 0.15) is 18.9 Å². The summed E-state index contributed by atoms with van der Waals surface area (Å²) in [7, 11) is 1.63. The highest BCUT2D eigenvalue weighted by atomic mass is 32.2. The van der Waals surface area contributed by atoms with E-state index in [0.29, 0.717) is 24.9 Å². The highest BCUT2D eigenvalue weighted by Gasteiger charge is 2.18. The molecular weight excluding hydrogens is 340 g/mol. The molecule has 0 aliphatic carbocycles. The molecular formula is C17H24N4O3S. The minimum absolute atomic E-state index is 0.0776. The summed E-state index contributed by atoms with van der Waals surface area (Å²) >= 11 is 1.28. The van der Waals surface area contributed by atoms with E-state index in [4.69, 9.17) is 4.74 Å². The molecule has 8 heteroatoms. The summed E-state index contributed by atoms with van der Waals surface area (Å²) in [5.74, 6) is -0.0776. The normalized spacial score (nSPS) is 12.1. The number of methoxy groups -OCH3 is 1. The molecule has 1 aromatic carbocycles. The predicted octanol–water partition coefficient (Wildman–Crippen LogP) is 1.45. The molecule has 1 unspecified atom stereocenters. The number of carbonyl (C=O) groups is 1. The van der Waals surface area contributed by atoms with Crippen molar-refractivity contribution in [2.45, 2.75) is 36.7 Å². The van der Waals surface area contributed by atoms with Crippen LogP contribution in [-0.4, -0.2) is 46.2 Å². The van der Waals surface area contributed by atoms with E-state index in [9.17, 15) is 9.59 Å². The van der Waals surface area contributed by atoms with Crippen LogP contribution in [0, 0.1) is 0 Å². The lowest BCUT2D eigenvalue weighted by atomic mass is 10.1. The van der Waals surface area contributed by atoms with Crippen molar-refractivity contribution in [1.82, 2.24) is 20.1 Å². The van der Waals surface area contributed by atoms with Gasteiger partial charge in [-0.05, 0) is 25.3 Å². The van der Waals surface area contributed by atoms with Crippen molar-refractivity contribution in [3.63, 3.8) is 0 Å². The maximum atomic E-state index is 12.1. The number of amides is 1. The van der Waals surface area contributed by atoms with E-state index in [1.807, 2.05) is 30.3 Å². The maximum absolute atomic E-state index is 12.1. The molecule has 2 N–H and O–H groups in total. The SMILES string of the molecule is COCCCNC(=O)C(C)Sc1n[nH]c(=O)n1CCc1ccccc1. The van der Waals surface area contributed by atoms with E-state index in [0.717, 1.165) is 18.4 Å². The van der Waals surface area contributed by atoms with Crippen molar-refractivity contribution < 1.29 is 9.53 Å². The number of thioether (sulfide) groups is 1. The average Bonchev–Trinajstić information content (AvgIpc) is 2.97. The fourth-order valence-electron chi connectivity index (χ4n) is 2.26. The van der Waals surface area contributed by atoms with Crippen LogP contribution in [0.15, 0.2) is 40.3 Å². The molecule has 0 bridgehead atoms. The first-order valence-electron chi connectivity index (χ1n) is 8.24. The first-order valence-corrected chi connectivity index (χ1v) is 9.12. The Labute approximate surface area is 151 Å². The van der Waals surface area contributed by atoms with Crippen molar-refractivity contribution in [3.8, 4) is 0 Å². The zero-order valence-electron chi connectivity index (χ0n) is 14.5. The molecule has 7 nitrogen and oxygen atoms in total. The standard InChI is InChI=1S/C17H24N4O3S/c1-13(15(22)18-10-6-12-24-2)25-17-20-19-16(23)21(17)11-9-14-7-4-3-5-8-14/h3-5,7-8,13H,6,9-12H2,1-2H3,(H,18,22)(H,19,23). The number of rotatable bonds is 10. The highest BCUT2D eigenvalue weighted by Crippen LogP contribution is 2.20. The molecule has 25 heavy (non-hydrogen) atoms. The van der Waals surface area contributed by atoms with Gasteiger partial charge in [-0.2, -0.15) is 0 Å². The van der Waals surface area contributed by atoms with Crippen molar-refractivity contribution >= 4 is 17.7 Å². The van der Waals surface area contributed by atoms with Gasteiger partial charge in [-0.15, -0.1) is 5.10 Å². The Balaban J connectivity index is 1.91. The lowest BCUT2D eigenvalue weighted by molar-refractivity contribution is -0.120. The van der Waals surface area contributed by atoms with Gasteiger partial charge in [0, 0.05) is 26.8 Å². The van der Waals surface area contributed by atoms with E-state index in [1.54, 1.807) is 18.6 Å². The van der Waals surface area contributed by atoms with E-state index >= 15 is 0 Å². The Morgan fingerprint density at radius 1 is 1.40 bits per heavy atom. The van der Waals surface area contributed by atoms with Crippen LogP contribution in [0.3, 0.4) is 0 Å². The minimum Gasteiger partial charge on any atom is -0.385 e. The number of aryl methyl sites for hydroxylation is 1. The van der Waals surface area contributed by atoms with Gasteiger partial charge in [0.05, 0.1) is 5.25 Å². The number of nitrogens with one attached hydrogen (secondary N) is 2. The number of nitrogens with zero attached hydrogens (tertiary/aromatic N) is 2. The summed E-state index contributed by atoms with van der Waals surface area (Å²) in [6, 6.07) is 9.95. The van der Waals surface area contributed by atoms with Crippen LogP contribution in [0.2, 0.25) is 0 Å². The monoisotopic (exact) mass is 364 g/mol. The zero-order chi connectivity index (χ0) is 18.1. The summed E-state index contributed by atoms with van der Waals surface area (Å²) in [5.41, 5.74) is 0.890. The third-order valence-electron chi connectivity index (χ3n) is 3.67. The highest BCUT2D eigenvalue weighted by molar-refractivity contribution is 8.00. The zero-order valence-corrected chi connectivity index (χ0v) is 15.3. The lowest BCUT2D eigenvalue weighted by Crippen LogP contribution is -2.32. The van der Waals surface area contributed by atoms with Crippen molar-refractivity contribution in [3.05, 3.63) is 46.4 Å². The molecule has 1 amide bonds. The molecule has 0 aliphatic rings. The Morgan fingerprint density at radius 3 is 2.88 bits per heavy atom. The molecule has 0 fully saturated rings. The van der Waals surface area contributed by atoms with Crippen LogP contribution in [0.25, 0.3) is 0 Å². The molecule has 2 rings (SSSR count). The minimum atomic E-state index is -0.340. The second-order valence-electron chi connectivity index (χ2n) is 5.60. The van der Waals surface area contributed by atoms with Crippen LogP contribution in [0.5, 0.6) is 0 Å². The molecule has 0 spiro atoms. The fraction of sp³-hybridized carbons (Fsp3) is 0.471. The first kappa shape index (κ1) is 19.3. The number of benzene rings is 1. The van der Waals surface area contributed by atoms with Gasteiger partial charge < -0.3 is 10.1 Å². The van der Waals surface area contributed by atoms with Gasteiger partial charge in [0.1, 0.15) is 0 Å². The van der Waals surface area contributed by atoms with E-state index in [-0.39, 0.29) is 16.8 Å². The molecule has 1 atom stereocenters. The van der Waals surface area contributed by atoms with Gasteiger partial charge in [-0.3, -0.25) is 9.36 Å². The summed E-state index contributed by atoms with van der Waals surface area (Å²) in [5, 5.41) is 9.56. The molecule has 2 aromatic rings. The number of hydrogen-bond acceptors (Lipinski definition) is 5. The third kappa shape index (κ3) is 6.06.